The fourth-order valence-electron chi connectivity index (χ4n) is 1.93. The van der Waals surface area contributed by atoms with E-state index >= 15 is 0 Å². The Labute approximate surface area is 139 Å². The summed E-state index contributed by atoms with van der Waals surface area (Å²) in [4.78, 5) is 10.2. The van der Waals surface area contributed by atoms with E-state index in [0.717, 1.165) is 11.4 Å². The van der Waals surface area contributed by atoms with Gasteiger partial charge >= 0.3 is 6.16 Å². The fourth-order valence-corrected chi connectivity index (χ4v) is 1.93. The molecule has 0 spiro atoms. The van der Waals surface area contributed by atoms with Gasteiger partial charge in [-0.25, -0.2) is 4.79 Å². The third-order valence-corrected chi connectivity index (χ3v) is 2.86. The van der Waals surface area contributed by atoms with Crippen LogP contribution in [-0.4, -0.2) is 36.5 Å². The largest absolute Gasteiger partial charge is 0.503 e. The van der Waals surface area contributed by atoms with Gasteiger partial charge in [0.25, 0.3) is 0 Å². The minimum absolute atomic E-state index is 0.0773. The Kier molecular flexibility index (Phi) is 6.90. The number of anilines is 2. The van der Waals surface area contributed by atoms with Gasteiger partial charge in [-0.05, 0) is 24.3 Å². The standard InChI is InChI=1S/C15H17N3O2.CH2O3/c1-19-13-7-3-5-11(9-13)18(15(16)17)12-6-4-8-14(10-12)20-2;2-1(3)4/h3-10H,1-2H3,(H3,16,17);(H2,2,3,4). The molecule has 0 fully saturated rings. The molecule has 0 unspecified atom stereocenters. The Bertz CT molecular complexity index is 654. The van der Waals surface area contributed by atoms with E-state index in [1.165, 1.54) is 0 Å². The van der Waals surface area contributed by atoms with Crippen LogP contribution < -0.4 is 20.1 Å². The van der Waals surface area contributed by atoms with Crippen LogP contribution >= 0.6 is 0 Å². The van der Waals surface area contributed by atoms with Gasteiger partial charge in [-0.15, -0.1) is 0 Å². The summed E-state index contributed by atoms with van der Waals surface area (Å²) >= 11 is 0. The fraction of sp³-hybridized carbons (Fsp3) is 0.125. The van der Waals surface area contributed by atoms with Crippen molar-refractivity contribution in [2.24, 2.45) is 5.73 Å². The van der Waals surface area contributed by atoms with Gasteiger partial charge in [-0.1, -0.05) is 12.1 Å². The lowest BCUT2D eigenvalue weighted by atomic mass is 10.2. The lowest BCUT2D eigenvalue weighted by Gasteiger charge is -2.23. The molecule has 0 saturated heterocycles. The van der Waals surface area contributed by atoms with Crippen molar-refractivity contribution in [1.29, 1.82) is 5.41 Å². The van der Waals surface area contributed by atoms with Gasteiger partial charge in [0.15, 0.2) is 5.96 Å². The summed E-state index contributed by atoms with van der Waals surface area (Å²) < 4.78 is 10.4. The molecule has 0 amide bonds. The molecule has 8 heteroatoms. The molecule has 0 radical (unpaired) electrons. The zero-order chi connectivity index (χ0) is 18.1. The number of methoxy groups -OCH3 is 2. The molecule has 2 rings (SSSR count). The molecule has 2 aromatic carbocycles. The van der Waals surface area contributed by atoms with Crippen molar-refractivity contribution in [2.45, 2.75) is 0 Å². The summed E-state index contributed by atoms with van der Waals surface area (Å²) in [5, 5.41) is 21.7. The number of nitrogens with zero attached hydrogens (tertiary/aromatic N) is 1. The van der Waals surface area contributed by atoms with E-state index in [-0.39, 0.29) is 5.96 Å². The van der Waals surface area contributed by atoms with Crippen molar-refractivity contribution >= 4 is 23.5 Å². The molecule has 0 aliphatic carbocycles. The smallest absolute Gasteiger partial charge is 0.497 e. The van der Waals surface area contributed by atoms with Crippen LogP contribution in [0.5, 0.6) is 11.5 Å². The third-order valence-electron chi connectivity index (χ3n) is 2.86. The Morgan fingerprint density at radius 1 is 1.00 bits per heavy atom. The van der Waals surface area contributed by atoms with E-state index in [1.807, 2.05) is 48.5 Å². The molecule has 128 valence electrons. The molecule has 8 nitrogen and oxygen atoms in total. The van der Waals surface area contributed by atoms with Crippen LogP contribution in [0, 0.1) is 5.41 Å². The highest BCUT2D eigenvalue weighted by Crippen LogP contribution is 2.30. The molecular weight excluding hydrogens is 314 g/mol. The molecule has 0 aliphatic rings. The van der Waals surface area contributed by atoms with Crippen LogP contribution in [0.4, 0.5) is 16.2 Å². The number of nitrogens with two attached hydrogens (primary N) is 1. The highest BCUT2D eigenvalue weighted by molar-refractivity contribution is 6.00. The van der Waals surface area contributed by atoms with Crippen LogP contribution in [0.15, 0.2) is 48.5 Å². The van der Waals surface area contributed by atoms with Gasteiger partial charge in [0.05, 0.1) is 25.6 Å². The van der Waals surface area contributed by atoms with Crippen LogP contribution in [-0.2, 0) is 0 Å². The second kappa shape index (κ2) is 8.89. The average molecular weight is 333 g/mol. The maximum Gasteiger partial charge on any atom is 0.503 e. The van der Waals surface area contributed by atoms with Crippen molar-refractivity contribution in [3.05, 3.63) is 48.5 Å². The third kappa shape index (κ3) is 5.41. The zero-order valence-electron chi connectivity index (χ0n) is 13.3. The van der Waals surface area contributed by atoms with E-state index in [0.29, 0.717) is 11.5 Å². The molecule has 0 aliphatic heterocycles. The molecule has 0 bridgehead atoms. The van der Waals surface area contributed by atoms with Gasteiger partial charge in [0, 0.05) is 12.1 Å². The highest BCUT2D eigenvalue weighted by atomic mass is 16.6. The van der Waals surface area contributed by atoms with Crippen LogP contribution in [0.1, 0.15) is 0 Å². The lowest BCUT2D eigenvalue weighted by molar-refractivity contribution is 0.137. The monoisotopic (exact) mass is 333 g/mol. The number of benzene rings is 2. The molecule has 0 aromatic heterocycles. The number of carboxylic acid groups (broad SMARTS) is 2. The number of ether oxygens (including phenoxy) is 2. The maximum atomic E-state index is 8.56. The van der Waals surface area contributed by atoms with Crippen LogP contribution in [0.2, 0.25) is 0 Å². The van der Waals surface area contributed by atoms with E-state index in [9.17, 15) is 0 Å². The minimum atomic E-state index is -1.83. The number of hydrogen-bond acceptors (Lipinski definition) is 4. The first kappa shape index (κ1) is 18.6. The van der Waals surface area contributed by atoms with Gasteiger partial charge in [0.2, 0.25) is 0 Å². The Morgan fingerprint density at radius 3 is 1.67 bits per heavy atom. The van der Waals surface area contributed by atoms with Gasteiger partial charge in [-0.2, -0.15) is 0 Å². The van der Waals surface area contributed by atoms with Gasteiger partial charge in [0.1, 0.15) is 11.5 Å². The van der Waals surface area contributed by atoms with Crippen molar-refractivity contribution in [3.63, 3.8) is 0 Å². The molecule has 2 aromatic rings. The summed E-state index contributed by atoms with van der Waals surface area (Å²) in [7, 11) is 3.20. The summed E-state index contributed by atoms with van der Waals surface area (Å²) in [6.07, 6.45) is -1.83. The molecule has 0 saturated carbocycles. The normalized spacial score (nSPS) is 9.25. The first-order valence-electron chi connectivity index (χ1n) is 6.73. The second-order valence-electron chi connectivity index (χ2n) is 4.41. The topological polar surface area (TPSA) is 129 Å². The molecule has 5 N–H and O–H groups in total. The SMILES string of the molecule is COc1cccc(N(C(=N)N)c2cccc(OC)c2)c1.O=C(O)O. The predicted molar refractivity (Wildman–Crippen MR) is 90.7 cm³/mol. The highest BCUT2D eigenvalue weighted by Gasteiger charge is 2.13. The average Bonchev–Trinajstić information content (AvgIpc) is 2.54. The number of hydrogen-bond donors (Lipinski definition) is 4. The van der Waals surface area contributed by atoms with Gasteiger partial charge < -0.3 is 25.4 Å². The van der Waals surface area contributed by atoms with Crippen molar-refractivity contribution in [1.82, 2.24) is 0 Å². The Hall–Kier alpha value is -3.42. The first-order chi connectivity index (χ1) is 11.4. The summed E-state index contributed by atoms with van der Waals surface area (Å²) in [6, 6.07) is 14.8. The molecular formula is C16H19N3O5. The van der Waals surface area contributed by atoms with E-state index < -0.39 is 6.16 Å². The maximum absolute atomic E-state index is 8.56. The molecule has 0 heterocycles. The first-order valence-corrected chi connectivity index (χ1v) is 6.73. The van der Waals surface area contributed by atoms with Crippen molar-refractivity contribution in [3.8, 4) is 11.5 Å². The number of guanidine groups is 1. The lowest BCUT2D eigenvalue weighted by Crippen LogP contribution is -2.32. The quantitative estimate of drug-likeness (QED) is 0.500. The number of carbonyl (C=O) groups is 1. The summed E-state index contributed by atoms with van der Waals surface area (Å²) in [6.45, 7) is 0. The zero-order valence-corrected chi connectivity index (χ0v) is 13.3. The van der Waals surface area contributed by atoms with Gasteiger partial charge in [-0.3, -0.25) is 10.3 Å². The Balaban J connectivity index is 0.000000648. The number of nitrogens with one attached hydrogen (secondary N) is 1. The molecule has 0 atom stereocenters. The van der Waals surface area contributed by atoms with Crippen molar-refractivity contribution < 1.29 is 24.5 Å². The molecule has 24 heavy (non-hydrogen) atoms. The van der Waals surface area contributed by atoms with Crippen molar-refractivity contribution in [2.75, 3.05) is 19.1 Å². The Morgan fingerprint density at radius 2 is 1.38 bits per heavy atom. The van der Waals surface area contributed by atoms with E-state index in [1.54, 1.807) is 19.1 Å². The predicted octanol–water partition coefficient (Wildman–Crippen LogP) is 2.96. The number of rotatable bonds is 4. The summed E-state index contributed by atoms with van der Waals surface area (Å²) in [5.41, 5.74) is 7.22. The van der Waals surface area contributed by atoms with Crippen LogP contribution in [0.25, 0.3) is 0 Å². The van der Waals surface area contributed by atoms with Crippen LogP contribution in [0.3, 0.4) is 0 Å². The van der Waals surface area contributed by atoms with E-state index in [4.69, 9.17) is 35.6 Å². The second-order valence-corrected chi connectivity index (χ2v) is 4.41. The summed E-state index contributed by atoms with van der Waals surface area (Å²) in [5.74, 6) is 1.33. The van der Waals surface area contributed by atoms with E-state index in [2.05, 4.69) is 0 Å². The minimum Gasteiger partial charge on any atom is -0.497 e.